The summed E-state index contributed by atoms with van der Waals surface area (Å²) < 4.78 is 0. The van der Waals surface area contributed by atoms with Gasteiger partial charge in [-0.25, -0.2) is 0 Å². The van der Waals surface area contributed by atoms with Crippen LogP contribution in [0.2, 0.25) is 0 Å². The van der Waals surface area contributed by atoms with Crippen molar-refractivity contribution in [3.63, 3.8) is 0 Å². The fraction of sp³-hybridized carbons (Fsp3) is 0.467. The van der Waals surface area contributed by atoms with Crippen molar-refractivity contribution in [2.45, 2.75) is 23.8 Å². The molecule has 4 nitrogen and oxygen atoms in total. The van der Waals surface area contributed by atoms with Crippen LogP contribution in [0.5, 0.6) is 0 Å². The first-order valence-corrected chi connectivity index (χ1v) is 7.76. The molecule has 0 radical (unpaired) electrons. The summed E-state index contributed by atoms with van der Waals surface area (Å²) in [6.07, 6.45) is 1.69. The van der Waals surface area contributed by atoms with Crippen molar-refractivity contribution < 1.29 is 9.59 Å². The van der Waals surface area contributed by atoms with E-state index in [-0.39, 0.29) is 17.9 Å². The summed E-state index contributed by atoms with van der Waals surface area (Å²) in [4.78, 5) is 28.7. The van der Waals surface area contributed by atoms with Gasteiger partial charge in [0.15, 0.2) is 0 Å². The number of carbonyl (C=O) groups is 2. The fourth-order valence-corrected chi connectivity index (χ4v) is 3.17. The zero-order chi connectivity index (χ0) is 14.5. The number of benzene rings is 1. The van der Waals surface area contributed by atoms with E-state index in [1.54, 1.807) is 23.9 Å². The Morgan fingerprint density at radius 2 is 2.00 bits per heavy atom. The van der Waals surface area contributed by atoms with E-state index in [0.717, 1.165) is 17.7 Å². The molecule has 1 aliphatic heterocycles. The molecule has 2 rings (SSSR count). The lowest BCUT2D eigenvalue weighted by Gasteiger charge is -2.26. The predicted octanol–water partition coefficient (Wildman–Crippen LogP) is 1.86. The third-order valence-electron chi connectivity index (χ3n) is 3.40. The number of hydrogen-bond acceptors (Lipinski definition) is 3. The minimum absolute atomic E-state index is 0.0283. The van der Waals surface area contributed by atoms with E-state index in [9.17, 15) is 9.59 Å². The maximum absolute atomic E-state index is 12.3. The largest absolute Gasteiger partial charge is 0.347 e. The van der Waals surface area contributed by atoms with Crippen LogP contribution >= 0.6 is 11.8 Å². The molecular formula is C15H20N2O2S. The van der Waals surface area contributed by atoms with Crippen molar-refractivity contribution in [1.82, 2.24) is 9.80 Å². The van der Waals surface area contributed by atoms with E-state index in [2.05, 4.69) is 0 Å². The molecule has 1 atom stereocenters. The van der Waals surface area contributed by atoms with Crippen LogP contribution in [0, 0.1) is 0 Å². The first-order chi connectivity index (χ1) is 9.59. The summed E-state index contributed by atoms with van der Waals surface area (Å²) in [7, 11) is 3.48. The van der Waals surface area contributed by atoms with E-state index in [1.165, 1.54) is 11.8 Å². The number of nitrogens with zero attached hydrogens (tertiary/aromatic N) is 2. The molecule has 0 bridgehead atoms. The van der Waals surface area contributed by atoms with Gasteiger partial charge in [0.25, 0.3) is 0 Å². The van der Waals surface area contributed by atoms with Crippen LogP contribution in [0.4, 0.5) is 0 Å². The second-order valence-corrected chi connectivity index (χ2v) is 6.13. The van der Waals surface area contributed by atoms with Gasteiger partial charge in [0.1, 0.15) is 6.04 Å². The number of carbonyl (C=O) groups excluding carboxylic acids is 2. The van der Waals surface area contributed by atoms with Crippen molar-refractivity contribution in [3.8, 4) is 0 Å². The Morgan fingerprint density at radius 3 is 2.65 bits per heavy atom. The summed E-state index contributed by atoms with van der Waals surface area (Å²) in [5, 5.41) is 0. The molecule has 1 unspecified atom stereocenters. The van der Waals surface area contributed by atoms with Crippen LogP contribution in [-0.2, 0) is 9.59 Å². The second-order valence-electron chi connectivity index (χ2n) is 5.08. The highest BCUT2D eigenvalue weighted by atomic mass is 32.2. The number of hydrogen-bond donors (Lipinski definition) is 0. The maximum atomic E-state index is 12.3. The monoisotopic (exact) mass is 292 g/mol. The van der Waals surface area contributed by atoms with Gasteiger partial charge in [0.2, 0.25) is 11.8 Å². The number of likely N-dealkylation sites (tertiary alicyclic amines) is 1. The van der Waals surface area contributed by atoms with Gasteiger partial charge in [0.05, 0.1) is 5.75 Å². The average molecular weight is 292 g/mol. The van der Waals surface area contributed by atoms with Gasteiger partial charge in [-0.15, -0.1) is 11.8 Å². The van der Waals surface area contributed by atoms with Crippen LogP contribution < -0.4 is 0 Å². The highest BCUT2D eigenvalue weighted by molar-refractivity contribution is 8.00. The number of thioether (sulfide) groups is 1. The van der Waals surface area contributed by atoms with Gasteiger partial charge >= 0.3 is 0 Å². The molecule has 1 saturated heterocycles. The van der Waals surface area contributed by atoms with Crippen molar-refractivity contribution in [2.24, 2.45) is 0 Å². The molecule has 0 aliphatic carbocycles. The quantitative estimate of drug-likeness (QED) is 0.795. The third-order valence-corrected chi connectivity index (χ3v) is 4.40. The highest BCUT2D eigenvalue weighted by Crippen LogP contribution is 2.22. The van der Waals surface area contributed by atoms with E-state index >= 15 is 0 Å². The molecule has 1 fully saturated rings. The smallest absolute Gasteiger partial charge is 0.244 e. The number of amides is 2. The van der Waals surface area contributed by atoms with Crippen LogP contribution in [-0.4, -0.2) is 54.0 Å². The first kappa shape index (κ1) is 14.9. The SMILES string of the molecule is CN(C)C(=O)C1CCCN1C(=O)CSc1ccccc1. The summed E-state index contributed by atoms with van der Waals surface area (Å²) in [5.74, 6) is 0.471. The first-order valence-electron chi connectivity index (χ1n) is 6.78. The molecular weight excluding hydrogens is 272 g/mol. The van der Waals surface area contributed by atoms with E-state index in [1.807, 2.05) is 30.3 Å². The molecule has 5 heteroatoms. The lowest BCUT2D eigenvalue weighted by Crippen LogP contribution is -2.46. The lowest BCUT2D eigenvalue weighted by atomic mass is 10.2. The molecule has 0 aromatic heterocycles. The Bertz CT molecular complexity index is 476. The molecule has 0 spiro atoms. The van der Waals surface area contributed by atoms with Gasteiger partial charge < -0.3 is 9.80 Å². The molecule has 1 aliphatic rings. The van der Waals surface area contributed by atoms with Gasteiger partial charge in [0, 0.05) is 25.5 Å². The average Bonchev–Trinajstić information content (AvgIpc) is 2.94. The minimum Gasteiger partial charge on any atom is -0.347 e. The molecule has 2 amide bonds. The van der Waals surface area contributed by atoms with Crippen LogP contribution in [0.25, 0.3) is 0 Å². The molecule has 108 valence electrons. The van der Waals surface area contributed by atoms with Crippen molar-refractivity contribution in [1.29, 1.82) is 0 Å². The van der Waals surface area contributed by atoms with Crippen molar-refractivity contribution >= 4 is 23.6 Å². The van der Waals surface area contributed by atoms with Crippen molar-refractivity contribution in [3.05, 3.63) is 30.3 Å². The van der Waals surface area contributed by atoms with E-state index < -0.39 is 0 Å². The summed E-state index contributed by atoms with van der Waals surface area (Å²) in [5.41, 5.74) is 0. The Hall–Kier alpha value is -1.49. The third kappa shape index (κ3) is 3.54. The van der Waals surface area contributed by atoms with Gasteiger partial charge in [-0.05, 0) is 25.0 Å². The summed E-state index contributed by atoms with van der Waals surface area (Å²) >= 11 is 1.52. The molecule has 1 aromatic carbocycles. The second kappa shape index (κ2) is 6.79. The Balaban J connectivity index is 1.93. The van der Waals surface area contributed by atoms with Gasteiger partial charge in [-0.2, -0.15) is 0 Å². The topological polar surface area (TPSA) is 40.6 Å². The number of rotatable bonds is 4. The van der Waals surface area contributed by atoms with Gasteiger partial charge in [-0.3, -0.25) is 9.59 Å². The van der Waals surface area contributed by atoms with E-state index in [0.29, 0.717) is 12.3 Å². The summed E-state index contributed by atoms with van der Waals surface area (Å²) in [6, 6.07) is 9.59. The molecule has 20 heavy (non-hydrogen) atoms. The standard InChI is InChI=1S/C15H20N2O2S/c1-16(2)15(19)13-9-6-10-17(13)14(18)11-20-12-7-4-3-5-8-12/h3-5,7-8,13H,6,9-11H2,1-2H3. The predicted molar refractivity (Wildman–Crippen MR) is 80.6 cm³/mol. The molecule has 1 heterocycles. The van der Waals surface area contributed by atoms with Gasteiger partial charge in [-0.1, -0.05) is 18.2 Å². The number of likely N-dealkylation sites (N-methyl/N-ethyl adjacent to an activating group) is 1. The minimum atomic E-state index is -0.270. The Labute approximate surface area is 124 Å². The molecule has 0 saturated carbocycles. The molecule has 1 aromatic rings. The highest BCUT2D eigenvalue weighted by Gasteiger charge is 2.34. The zero-order valence-corrected chi connectivity index (χ0v) is 12.7. The maximum Gasteiger partial charge on any atom is 0.244 e. The zero-order valence-electron chi connectivity index (χ0n) is 11.9. The van der Waals surface area contributed by atoms with Crippen LogP contribution in [0.3, 0.4) is 0 Å². The van der Waals surface area contributed by atoms with E-state index in [4.69, 9.17) is 0 Å². The fourth-order valence-electron chi connectivity index (χ4n) is 2.36. The summed E-state index contributed by atoms with van der Waals surface area (Å²) in [6.45, 7) is 0.693. The lowest BCUT2D eigenvalue weighted by molar-refractivity contribution is -0.140. The Kier molecular flexibility index (Phi) is 5.06. The molecule has 0 N–H and O–H groups in total. The van der Waals surface area contributed by atoms with Crippen LogP contribution in [0.1, 0.15) is 12.8 Å². The Morgan fingerprint density at radius 1 is 1.30 bits per heavy atom. The van der Waals surface area contributed by atoms with Crippen LogP contribution in [0.15, 0.2) is 35.2 Å². The normalized spacial score (nSPS) is 18.1. The van der Waals surface area contributed by atoms with Crippen molar-refractivity contribution in [2.75, 3.05) is 26.4 Å².